The summed E-state index contributed by atoms with van der Waals surface area (Å²) >= 11 is 12.9. The van der Waals surface area contributed by atoms with E-state index in [9.17, 15) is 10.1 Å². The number of nitrogens with one attached hydrogen (secondary N) is 3. The Labute approximate surface area is 290 Å². The molecule has 2 saturated heterocycles. The minimum absolute atomic E-state index is 0.0572. The molecule has 0 aliphatic carbocycles. The summed E-state index contributed by atoms with van der Waals surface area (Å²) in [6.45, 7) is 4.21. The van der Waals surface area contributed by atoms with E-state index >= 15 is 0 Å². The Bertz CT molecular complexity index is 1860. The fraction of sp³-hybridized carbons (Fsp3) is 0.324. The number of nitrogens with zero attached hydrogens (tertiary/aromatic N) is 3. The first kappa shape index (κ1) is 33.6. The first-order valence-electron chi connectivity index (χ1n) is 16.2. The molecule has 0 atom stereocenters. The molecule has 0 bridgehead atoms. The minimum Gasteiger partial charge on any atom is -0.490 e. The van der Waals surface area contributed by atoms with Crippen LogP contribution in [-0.2, 0) is 17.9 Å². The highest BCUT2D eigenvalue weighted by Crippen LogP contribution is 2.36. The van der Waals surface area contributed by atoms with Crippen LogP contribution in [0.4, 0.5) is 11.4 Å². The van der Waals surface area contributed by atoms with Crippen LogP contribution in [0.3, 0.4) is 0 Å². The Kier molecular flexibility index (Phi) is 11.0. The molecule has 0 unspecified atom stereocenters. The maximum atomic E-state index is 12.9. The molecule has 2 fully saturated rings. The van der Waals surface area contributed by atoms with Gasteiger partial charge in [-0.05, 0) is 76.2 Å². The largest absolute Gasteiger partial charge is 0.490 e. The molecule has 2 aliphatic rings. The zero-order valence-corrected chi connectivity index (χ0v) is 28.3. The topological polar surface area (TPSA) is 112 Å². The van der Waals surface area contributed by atoms with E-state index in [1.54, 1.807) is 24.4 Å². The van der Waals surface area contributed by atoms with Crippen molar-refractivity contribution in [3.05, 3.63) is 99.2 Å². The number of fused-ring (bicyclic) bond motifs is 1. The molecule has 1 amide bonds. The van der Waals surface area contributed by atoms with Gasteiger partial charge in [0, 0.05) is 65.2 Å². The van der Waals surface area contributed by atoms with Crippen molar-refractivity contribution in [1.82, 2.24) is 20.5 Å². The average molecular weight is 686 g/mol. The molecule has 6 rings (SSSR count). The third-order valence-corrected chi connectivity index (χ3v) is 9.37. The zero-order chi connectivity index (χ0) is 33.5. The number of pyridine rings is 1. The fourth-order valence-corrected chi connectivity index (χ4v) is 6.36. The molecule has 1 aromatic heterocycles. The average Bonchev–Trinajstić information content (AvgIpc) is 3.09. The Balaban J connectivity index is 1.28. The smallest absolute Gasteiger partial charge is 0.244 e. The van der Waals surface area contributed by atoms with Crippen LogP contribution in [0.25, 0.3) is 10.9 Å². The predicted octanol–water partition coefficient (Wildman–Crippen LogP) is 7.13. The second-order valence-corrected chi connectivity index (χ2v) is 13.0. The van der Waals surface area contributed by atoms with Gasteiger partial charge >= 0.3 is 0 Å². The van der Waals surface area contributed by atoms with Crippen molar-refractivity contribution in [3.63, 3.8) is 0 Å². The lowest BCUT2D eigenvalue weighted by molar-refractivity contribution is -0.116. The number of piperidine rings is 2. The van der Waals surface area contributed by atoms with Crippen molar-refractivity contribution >= 4 is 51.4 Å². The second-order valence-electron chi connectivity index (χ2n) is 12.2. The van der Waals surface area contributed by atoms with Crippen molar-refractivity contribution in [2.24, 2.45) is 0 Å². The summed E-state index contributed by atoms with van der Waals surface area (Å²) in [6.07, 6.45) is 6.88. The second kappa shape index (κ2) is 15.7. The molecule has 248 valence electrons. The summed E-state index contributed by atoms with van der Waals surface area (Å²) in [6, 6.07) is 19.0. The fourth-order valence-electron chi connectivity index (χ4n) is 5.94. The summed E-state index contributed by atoms with van der Waals surface area (Å²) in [5.41, 5.74) is 5.08. The number of aromatic nitrogens is 1. The van der Waals surface area contributed by atoms with Gasteiger partial charge < -0.3 is 30.3 Å². The summed E-state index contributed by atoms with van der Waals surface area (Å²) in [5.74, 6) is 1.06. The number of carbonyl (C=O) groups excluding carboxylic acids is 1. The van der Waals surface area contributed by atoms with E-state index in [0.717, 1.165) is 73.9 Å². The molecule has 4 aromatic rings. The van der Waals surface area contributed by atoms with Crippen LogP contribution in [-0.4, -0.2) is 55.1 Å². The molecule has 9 nitrogen and oxygen atoms in total. The minimum atomic E-state index is -0.133. The number of benzene rings is 3. The molecule has 3 N–H and O–H groups in total. The van der Waals surface area contributed by atoms with E-state index < -0.39 is 0 Å². The van der Waals surface area contributed by atoms with Gasteiger partial charge in [-0.2, -0.15) is 5.26 Å². The van der Waals surface area contributed by atoms with Gasteiger partial charge in [-0.1, -0.05) is 47.0 Å². The predicted molar refractivity (Wildman–Crippen MR) is 190 cm³/mol. The standard InChI is InChI=1S/C37H38Cl2N6O3/c1-45-14-10-29(11-15-45)48-35-19-33-30(17-26(35)21-43-36(46)16-24-8-12-41-13-9-24)37(27(20-40)22-42-33)44-28-6-7-34(32(39)18-28)47-23-25-4-2-3-5-31(25)38/h2-7,16-19,22,29,41H,8-15,21,23H2,1H3,(H,42,44)(H,43,46). The molecule has 0 saturated carbocycles. The first-order valence-corrected chi connectivity index (χ1v) is 16.9. The van der Waals surface area contributed by atoms with Gasteiger partial charge in [-0.15, -0.1) is 0 Å². The van der Waals surface area contributed by atoms with E-state index in [-0.39, 0.29) is 25.2 Å². The van der Waals surface area contributed by atoms with Gasteiger partial charge in [0.1, 0.15) is 30.3 Å². The Hall–Kier alpha value is -4.33. The molecule has 11 heteroatoms. The maximum Gasteiger partial charge on any atom is 0.244 e. The third kappa shape index (κ3) is 8.38. The number of rotatable bonds is 10. The van der Waals surface area contributed by atoms with Crippen LogP contribution >= 0.6 is 23.2 Å². The van der Waals surface area contributed by atoms with Crippen LogP contribution in [0.1, 0.15) is 42.4 Å². The van der Waals surface area contributed by atoms with Crippen LogP contribution in [0, 0.1) is 11.3 Å². The van der Waals surface area contributed by atoms with Gasteiger partial charge in [0.05, 0.1) is 21.8 Å². The van der Waals surface area contributed by atoms with Gasteiger partial charge in [0.2, 0.25) is 5.91 Å². The van der Waals surface area contributed by atoms with Crippen molar-refractivity contribution < 1.29 is 14.3 Å². The first-order chi connectivity index (χ1) is 23.4. The number of hydrogen-bond donors (Lipinski definition) is 3. The Morgan fingerprint density at radius 2 is 1.85 bits per heavy atom. The van der Waals surface area contributed by atoms with Gasteiger partial charge in [0.15, 0.2) is 0 Å². The maximum absolute atomic E-state index is 12.9. The molecule has 2 aliphatic heterocycles. The number of likely N-dealkylation sites (tertiary alicyclic amines) is 1. The molecule has 0 radical (unpaired) electrons. The number of nitriles is 1. The molecule has 3 aromatic carbocycles. The monoisotopic (exact) mass is 684 g/mol. The summed E-state index contributed by atoms with van der Waals surface area (Å²) < 4.78 is 12.5. The van der Waals surface area contributed by atoms with E-state index in [0.29, 0.717) is 44.0 Å². The molecule has 0 spiro atoms. The number of halogens is 2. The van der Waals surface area contributed by atoms with Crippen molar-refractivity contribution in [1.29, 1.82) is 5.26 Å². The lowest BCUT2D eigenvalue weighted by Gasteiger charge is -2.30. The summed E-state index contributed by atoms with van der Waals surface area (Å²) in [4.78, 5) is 19.9. The number of anilines is 2. The van der Waals surface area contributed by atoms with Gasteiger partial charge in [-0.25, -0.2) is 0 Å². The summed E-state index contributed by atoms with van der Waals surface area (Å²) in [7, 11) is 2.11. The highest BCUT2D eigenvalue weighted by atomic mass is 35.5. The third-order valence-electron chi connectivity index (χ3n) is 8.71. The number of carbonyl (C=O) groups is 1. The quantitative estimate of drug-likeness (QED) is 0.151. The molecule has 3 heterocycles. The lowest BCUT2D eigenvalue weighted by Crippen LogP contribution is -2.36. The van der Waals surface area contributed by atoms with Crippen LogP contribution < -0.4 is 25.4 Å². The summed E-state index contributed by atoms with van der Waals surface area (Å²) in [5, 5.41) is 21.6. The zero-order valence-electron chi connectivity index (χ0n) is 26.8. The molecular weight excluding hydrogens is 647 g/mol. The number of ether oxygens (including phenoxy) is 2. The normalized spacial score (nSPS) is 15.5. The SMILES string of the molecule is CN1CCC(Oc2cc3ncc(C#N)c(Nc4ccc(OCc5ccccc5Cl)c(Cl)c4)c3cc2CNC(=O)C=C2CCNCC2)CC1. The van der Waals surface area contributed by atoms with Gasteiger partial charge in [-0.3, -0.25) is 9.78 Å². The molecular formula is C37H38Cl2N6O3. The van der Waals surface area contributed by atoms with Crippen molar-refractivity contribution in [2.75, 3.05) is 38.5 Å². The Morgan fingerprint density at radius 3 is 2.60 bits per heavy atom. The van der Waals surface area contributed by atoms with Crippen molar-refractivity contribution in [2.45, 2.75) is 44.9 Å². The van der Waals surface area contributed by atoms with E-state index in [2.05, 4.69) is 39.0 Å². The highest BCUT2D eigenvalue weighted by molar-refractivity contribution is 6.32. The van der Waals surface area contributed by atoms with E-state index in [1.807, 2.05) is 42.5 Å². The van der Waals surface area contributed by atoms with Crippen LogP contribution in [0.2, 0.25) is 10.0 Å². The van der Waals surface area contributed by atoms with Gasteiger partial charge in [0.25, 0.3) is 0 Å². The van der Waals surface area contributed by atoms with Crippen LogP contribution in [0.15, 0.2) is 72.4 Å². The number of hydrogen-bond acceptors (Lipinski definition) is 8. The van der Waals surface area contributed by atoms with Crippen LogP contribution in [0.5, 0.6) is 11.5 Å². The number of amides is 1. The van der Waals surface area contributed by atoms with E-state index in [1.165, 1.54) is 0 Å². The Morgan fingerprint density at radius 1 is 1.06 bits per heavy atom. The highest BCUT2D eigenvalue weighted by Gasteiger charge is 2.21. The lowest BCUT2D eigenvalue weighted by atomic mass is 10.0. The van der Waals surface area contributed by atoms with Crippen molar-refractivity contribution in [3.8, 4) is 17.6 Å². The van der Waals surface area contributed by atoms with E-state index in [4.69, 9.17) is 32.7 Å². The molecule has 48 heavy (non-hydrogen) atoms.